The Morgan fingerprint density at radius 2 is 2.17 bits per heavy atom. The van der Waals surface area contributed by atoms with Gasteiger partial charge in [-0.25, -0.2) is 0 Å². The van der Waals surface area contributed by atoms with Crippen LogP contribution in [0.15, 0.2) is 0 Å². The third-order valence-electron chi connectivity index (χ3n) is 2.49. The van der Waals surface area contributed by atoms with Crippen LogP contribution in [0.3, 0.4) is 0 Å². The highest BCUT2D eigenvalue weighted by atomic mass is 32.2. The van der Waals surface area contributed by atoms with Crippen molar-refractivity contribution in [2.45, 2.75) is 51.7 Å². The lowest BCUT2D eigenvalue weighted by atomic mass is 9.77. The van der Waals surface area contributed by atoms with Gasteiger partial charge >= 0.3 is 0 Å². The highest BCUT2D eigenvalue weighted by molar-refractivity contribution is 8.23. The Hall–Kier alpha value is 0.440. The van der Waals surface area contributed by atoms with Crippen LogP contribution in [0.4, 0.5) is 0 Å². The maximum Gasteiger partial charge on any atom is 0.0450 e. The quantitative estimate of drug-likeness (QED) is 0.589. The highest BCUT2D eigenvalue weighted by Gasteiger charge is 2.28. The molecule has 1 aliphatic rings. The molecule has 70 valence electrons. The topological polar surface area (TPSA) is 0 Å². The molecule has 1 unspecified atom stereocenters. The standard InChI is InChI=1S/C10H18S2/c1-8(11)12-9-5-4-6-10(2,3)7-9/h9H,4-7H2,1-3H3. The van der Waals surface area contributed by atoms with Gasteiger partial charge in [0.05, 0.1) is 0 Å². The molecule has 1 aliphatic carbocycles. The summed E-state index contributed by atoms with van der Waals surface area (Å²) in [4.78, 5) is 0. The van der Waals surface area contributed by atoms with Gasteiger partial charge in [-0.2, -0.15) is 0 Å². The minimum absolute atomic E-state index is 0.556. The summed E-state index contributed by atoms with van der Waals surface area (Å²) in [5.74, 6) is 0. The highest BCUT2D eigenvalue weighted by Crippen LogP contribution is 2.40. The van der Waals surface area contributed by atoms with E-state index in [0.29, 0.717) is 5.41 Å². The SMILES string of the molecule is CC(=S)SC1CCCC(C)(C)C1. The van der Waals surface area contributed by atoms with Gasteiger partial charge in [0.2, 0.25) is 0 Å². The molecule has 1 rings (SSSR count). The van der Waals surface area contributed by atoms with E-state index in [4.69, 9.17) is 12.2 Å². The van der Waals surface area contributed by atoms with Crippen LogP contribution in [0.2, 0.25) is 0 Å². The van der Waals surface area contributed by atoms with Gasteiger partial charge in [0.1, 0.15) is 0 Å². The lowest BCUT2D eigenvalue weighted by molar-refractivity contribution is 0.251. The van der Waals surface area contributed by atoms with E-state index in [1.54, 1.807) is 0 Å². The van der Waals surface area contributed by atoms with Crippen molar-refractivity contribution in [2.75, 3.05) is 0 Å². The first-order chi connectivity index (χ1) is 5.49. The monoisotopic (exact) mass is 202 g/mol. The summed E-state index contributed by atoms with van der Waals surface area (Å²) < 4.78 is 1.11. The second kappa shape index (κ2) is 4.10. The lowest BCUT2D eigenvalue weighted by Gasteiger charge is -2.34. The van der Waals surface area contributed by atoms with E-state index in [9.17, 15) is 0 Å². The van der Waals surface area contributed by atoms with Crippen LogP contribution in [0.25, 0.3) is 0 Å². The smallest absolute Gasteiger partial charge is 0.0450 e. The average molecular weight is 202 g/mol. The summed E-state index contributed by atoms with van der Waals surface area (Å²) in [7, 11) is 0. The van der Waals surface area contributed by atoms with Crippen LogP contribution in [0.1, 0.15) is 46.5 Å². The summed E-state index contributed by atoms with van der Waals surface area (Å²) in [5.41, 5.74) is 0.556. The van der Waals surface area contributed by atoms with Gasteiger partial charge in [-0.05, 0) is 31.6 Å². The van der Waals surface area contributed by atoms with Gasteiger partial charge in [0.25, 0.3) is 0 Å². The lowest BCUT2D eigenvalue weighted by Crippen LogP contribution is -2.24. The zero-order chi connectivity index (χ0) is 9.19. The number of thiocarbonyl (C=S) groups is 1. The Bertz CT molecular complexity index is 173. The van der Waals surface area contributed by atoms with Crippen LogP contribution in [-0.2, 0) is 0 Å². The molecular weight excluding hydrogens is 184 g/mol. The predicted octanol–water partition coefficient (Wildman–Crippen LogP) is 4.04. The summed E-state index contributed by atoms with van der Waals surface area (Å²) in [6, 6.07) is 0. The molecule has 0 spiro atoms. The van der Waals surface area contributed by atoms with Crippen LogP contribution < -0.4 is 0 Å². The number of hydrogen-bond donors (Lipinski definition) is 0. The fraction of sp³-hybridized carbons (Fsp3) is 0.900. The molecule has 0 aromatic heterocycles. The molecule has 1 saturated carbocycles. The largest absolute Gasteiger partial charge is 0.116 e. The van der Waals surface area contributed by atoms with Gasteiger partial charge < -0.3 is 0 Å². The van der Waals surface area contributed by atoms with Gasteiger partial charge in [-0.15, -0.1) is 11.8 Å². The number of hydrogen-bond acceptors (Lipinski definition) is 2. The van der Waals surface area contributed by atoms with Crippen LogP contribution in [0.5, 0.6) is 0 Å². The van der Waals surface area contributed by atoms with Gasteiger partial charge in [0, 0.05) is 9.45 Å². The second-order valence-corrected chi connectivity index (χ2v) is 6.88. The molecule has 0 aliphatic heterocycles. The first-order valence-corrected chi connectivity index (χ1v) is 5.96. The first-order valence-electron chi connectivity index (χ1n) is 4.67. The maximum atomic E-state index is 5.11. The van der Waals surface area contributed by atoms with E-state index in [1.807, 2.05) is 18.7 Å². The van der Waals surface area contributed by atoms with Crippen molar-refractivity contribution < 1.29 is 0 Å². The maximum absolute atomic E-state index is 5.11. The minimum atomic E-state index is 0.556. The third-order valence-corrected chi connectivity index (χ3v) is 3.85. The van der Waals surface area contributed by atoms with Gasteiger partial charge in [-0.3, -0.25) is 0 Å². The molecule has 0 saturated heterocycles. The number of rotatable bonds is 1. The third kappa shape index (κ3) is 3.44. The normalized spacial score (nSPS) is 28.4. The van der Waals surface area contributed by atoms with Crippen molar-refractivity contribution in [3.63, 3.8) is 0 Å². The Kier molecular flexibility index (Phi) is 3.59. The Morgan fingerprint density at radius 3 is 2.67 bits per heavy atom. The Morgan fingerprint density at radius 1 is 1.50 bits per heavy atom. The van der Waals surface area contributed by atoms with Crippen LogP contribution in [0, 0.1) is 5.41 Å². The fourth-order valence-corrected chi connectivity index (χ4v) is 3.66. The van der Waals surface area contributed by atoms with Crippen molar-refractivity contribution in [3.05, 3.63) is 0 Å². The molecule has 0 nitrogen and oxygen atoms in total. The van der Waals surface area contributed by atoms with Crippen molar-refractivity contribution >= 4 is 28.2 Å². The molecule has 0 heterocycles. The fourth-order valence-electron chi connectivity index (χ4n) is 1.96. The first kappa shape index (κ1) is 10.5. The van der Waals surface area contributed by atoms with Crippen LogP contribution in [-0.4, -0.2) is 9.45 Å². The Balaban J connectivity index is 2.41. The summed E-state index contributed by atoms with van der Waals surface area (Å²) in [6.45, 7) is 6.79. The molecule has 12 heavy (non-hydrogen) atoms. The summed E-state index contributed by atoms with van der Waals surface area (Å²) in [6.07, 6.45) is 5.47. The molecule has 0 aromatic carbocycles. The van der Waals surface area contributed by atoms with E-state index >= 15 is 0 Å². The van der Waals surface area contributed by atoms with Crippen molar-refractivity contribution in [3.8, 4) is 0 Å². The van der Waals surface area contributed by atoms with Crippen molar-refractivity contribution in [1.82, 2.24) is 0 Å². The molecular formula is C10H18S2. The molecule has 0 N–H and O–H groups in total. The molecule has 0 amide bonds. The van der Waals surface area contributed by atoms with Gasteiger partial charge in [-0.1, -0.05) is 32.5 Å². The molecule has 2 heteroatoms. The predicted molar refractivity (Wildman–Crippen MR) is 61.9 cm³/mol. The van der Waals surface area contributed by atoms with E-state index in [1.165, 1.54) is 25.7 Å². The second-order valence-electron chi connectivity index (χ2n) is 4.49. The minimum Gasteiger partial charge on any atom is -0.116 e. The van der Waals surface area contributed by atoms with E-state index < -0.39 is 0 Å². The molecule has 1 atom stereocenters. The summed E-state index contributed by atoms with van der Waals surface area (Å²) >= 11 is 7.02. The van der Waals surface area contributed by atoms with Crippen molar-refractivity contribution in [1.29, 1.82) is 0 Å². The molecule has 0 bridgehead atoms. The van der Waals surface area contributed by atoms with E-state index in [0.717, 1.165) is 9.45 Å². The zero-order valence-corrected chi connectivity index (χ0v) is 9.86. The summed E-state index contributed by atoms with van der Waals surface area (Å²) in [5, 5.41) is 0.797. The van der Waals surface area contributed by atoms with E-state index in [-0.39, 0.29) is 0 Å². The molecule has 0 aromatic rings. The van der Waals surface area contributed by atoms with E-state index in [2.05, 4.69) is 13.8 Å². The van der Waals surface area contributed by atoms with Crippen molar-refractivity contribution in [2.24, 2.45) is 5.41 Å². The van der Waals surface area contributed by atoms with Gasteiger partial charge in [0.15, 0.2) is 0 Å². The molecule has 0 radical (unpaired) electrons. The Labute approximate surface area is 85.5 Å². The average Bonchev–Trinajstić information content (AvgIpc) is 1.82. The van der Waals surface area contributed by atoms with Crippen LogP contribution >= 0.6 is 24.0 Å². The number of thioether (sulfide) groups is 1. The zero-order valence-electron chi connectivity index (χ0n) is 8.22. The molecule has 1 fully saturated rings.